The summed E-state index contributed by atoms with van der Waals surface area (Å²) in [5.41, 5.74) is 2.25. The van der Waals surface area contributed by atoms with E-state index in [1.165, 1.54) is 6.08 Å². The number of unbranched alkanes of at least 4 members (excludes halogenated alkanes) is 1. The SMILES string of the molecule is CCCCn1nc(C)c(C=CC(=O)Nc2cccc(OC)c2)c1Cl. The molecule has 128 valence electrons. The van der Waals surface area contributed by atoms with Gasteiger partial charge in [-0.15, -0.1) is 0 Å². The number of nitrogens with zero attached hydrogens (tertiary/aromatic N) is 2. The lowest BCUT2D eigenvalue weighted by molar-refractivity contribution is -0.111. The van der Waals surface area contributed by atoms with Crippen molar-refractivity contribution in [2.75, 3.05) is 12.4 Å². The highest BCUT2D eigenvalue weighted by atomic mass is 35.5. The molecule has 5 nitrogen and oxygen atoms in total. The Kier molecular flexibility index (Phi) is 6.44. The first-order chi connectivity index (χ1) is 11.5. The molecule has 0 saturated heterocycles. The average Bonchev–Trinajstić information content (AvgIpc) is 2.85. The minimum Gasteiger partial charge on any atom is -0.497 e. The second-order valence-electron chi connectivity index (χ2n) is 5.42. The summed E-state index contributed by atoms with van der Waals surface area (Å²) in [5, 5.41) is 7.77. The highest BCUT2D eigenvalue weighted by molar-refractivity contribution is 6.31. The number of aryl methyl sites for hydroxylation is 2. The van der Waals surface area contributed by atoms with Crippen LogP contribution in [0.4, 0.5) is 5.69 Å². The maximum absolute atomic E-state index is 12.1. The number of halogens is 1. The van der Waals surface area contributed by atoms with E-state index in [0.29, 0.717) is 16.6 Å². The Morgan fingerprint density at radius 3 is 2.96 bits per heavy atom. The molecule has 0 spiro atoms. The standard InChI is InChI=1S/C18H22ClN3O2/c1-4-5-11-22-18(19)16(13(2)21-22)9-10-17(23)20-14-7-6-8-15(12-14)24-3/h6-10,12H,4-5,11H2,1-3H3,(H,20,23). The number of methoxy groups -OCH3 is 1. The first kappa shape index (κ1) is 18.1. The Labute approximate surface area is 147 Å². The molecule has 0 radical (unpaired) electrons. The molecule has 2 aromatic rings. The normalized spacial score (nSPS) is 11.0. The zero-order valence-corrected chi connectivity index (χ0v) is 14.9. The van der Waals surface area contributed by atoms with Crippen molar-refractivity contribution >= 4 is 29.3 Å². The predicted molar refractivity (Wildman–Crippen MR) is 97.5 cm³/mol. The van der Waals surface area contributed by atoms with E-state index in [0.717, 1.165) is 30.6 Å². The molecular weight excluding hydrogens is 326 g/mol. The first-order valence-corrected chi connectivity index (χ1v) is 8.29. The van der Waals surface area contributed by atoms with Crippen molar-refractivity contribution in [1.82, 2.24) is 9.78 Å². The molecule has 0 aliphatic rings. The minimum atomic E-state index is -0.236. The monoisotopic (exact) mass is 347 g/mol. The van der Waals surface area contributed by atoms with Crippen LogP contribution in [0.2, 0.25) is 5.15 Å². The molecule has 0 saturated carbocycles. The first-order valence-electron chi connectivity index (χ1n) is 7.91. The lowest BCUT2D eigenvalue weighted by atomic mass is 10.2. The molecule has 2 rings (SSSR count). The van der Waals surface area contributed by atoms with E-state index in [-0.39, 0.29) is 5.91 Å². The smallest absolute Gasteiger partial charge is 0.248 e. The van der Waals surface area contributed by atoms with Gasteiger partial charge in [-0.1, -0.05) is 31.0 Å². The van der Waals surface area contributed by atoms with Crippen LogP contribution in [0.1, 0.15) is 31.0 Å². The third-order valence-corrected chi connectivity index (χ3v) is 3.97. The van der Waals surface area contributed by atoms with Crippen molar-refractivity contribution in [1.29, 1.82) is 0 Å². The summed E-state index contributed by atoms with van der Waals surface area (Å²) in [6, 6.07) is 7.19. The van der Waals surface area contributed by atoms with Crippen molar-refractivity contribution in [3.05, 3.63) is 46.8 Å². The highest BCUT2D eigenvalue weighted by Gasteiger charge is 2.11. The zero-order valence-electron chi connectivity index (χ0n) is 14.2. The quantitative estimate of drug-likeness (QED) is 0.759. The minimum absolute atomic E-state index is 0.236. The van der Waals surface area contributed by atoms with Gasteiger partial charge in [-0.2, -0.15) is 5.10 Å². The van der Waals surface area contributed by atoms with Crippen LogP contribution in [0.3, 0.4) is 0 Å². The van der Waals surface area contributed by atoms with Gasteiger partial charge in [0.15, 0.2) is 0 Å². The number of anilines is 1. The second kappa shape index (κ2) is 8.55. The molecular formula is C18H22ClN3O2. The molecule has 0 aliphatic carbocycles. The number of hydrogen-bond acceptors (Lipinski definition) is 3. The van der Waals surface area contributed by atoms with E-state index in [4.69, 9.17) is 16.3 Å². The average molecular weight is 348 g/mol. The lowest BCUT2D eigenvalue weighted by Crippen LogP contribution is -2.07. The van der Waals surface area contributed by atoms with Gasteiger partial charge < -0.3 is 10.1 Å². The fraction of sp³-hybridized carbons (Fsp3) is 0.333. The molecule has 1 aromatic carbocycles. The fourth-order valence-electron chi connectivity index (χ4n) is 2.26. The van der Waals surface area contributed by atoms with Gasteiger partial charge in [0.1, 0.15) is 10.9 Å². The van der Waals surface area contributed by atoms with Crippen LogP contribution in [-0.4, -0.2) is 22.8 Å². The molecule has 24 heavy (non-hydrogen) atoms. The number of aromatic nitrogens is 2. The second-order valence-corrected chi connectivity index (χ2v) is 5.78. The van der Waals surface area contributed by atoms with Crippen LogP contribution in [0.15, 0.2) is 30.3 Å². The Balaban J connectivity index is 2.07. The molecule has 6 heteroatoms. The largest absolute Gasteiger partial charge is 0.497 e. The molecule has 1 aromatic heterocycles. The van der Waals surface area contributed by atoms with Crippen molar-refractivity contribution in [2.45, 2.75) is 33.2 Å². The van der Waals surface area contributed by atoms with Crippen LogP contribution in [-0.2, 0) is 11.3 Å². The van der Waals surface area contributed by atoms with Gasteiger partial charge in [-0.25, -0.2) is 0 Å². The molecule has 0 fully saturated rings. The van der Waals surface area contributed by atoms with Gasteiger partial charge in [-0.05, 0) is 31.6 Å². The molecule has 1 N–H and O–H groups in total. The lowest BCUT2D eigenvalue weighted by Gasteiger charge is -2.04. The van der Waals surface area contributed by atoms with Gasteiger partial charge in [0.05, 0.1) is 12.8 Å². The molecule has 1 amide bonds. The van der Waals surface area contributed by atoms with Crippen LogP contribution in [0, 0.1) is 6.92 Å². The van der Waals surface area contributed by atoms with Crippen LogP contribution in [0.5, 0.6) is 5.75 Å². The van der Waals surface area contributed by atoms with Gasteiger partial charge >= 0.3 is 0 Å². The van der Waals surface area contributed by atoms with E-state index in [2.05, 4.69) is 17.3 Å². The maximum Gasteiger partial charge on any atom is 0.248 e. The van der Waals surface area contributed by atoms with E-state index in [9.17, 15) is 4.79 Å². The Hall–Kier alpha value is -2.27. The summed E-state index contributed by atoms with van der Waals surface area (Å²) in [4.78, 5) is 12.1. The maximum atomic E-state index is 12.1. The highest BCUT2D eigenvalue weighted by Crippen LogP contribution is 2.22. The molecule has 0 unspecified atom stereocenters. The number of rotatable bonds is 7. The molecule has 1 heterocycles. The van der Waals surface area contributed by atoms with Crippen molar-refractivity contribution in [3.8, 4) is 5.75 Å². The number of ether oxygens (including phenoxy) is 1. The van der Waals surface area contributed by atoms with E-state index >= 15 is 0 Å². The van der Waals surface area contributed by atoms with Crippen molar-refractivity contribution < 1.29 is 9.53 Å². The number of nitrogens with one attached hydrogen (secondary N) is 1. The van der Waals surface area contributed by atoms with Gasteiger partial charge in [0, 0.05) is 29.9 Å². The van der Waals surface area contributed by atoms with Crippen LogP contribution in [0.25, 0.3) is 6.08 Å². The van der Waals surface area contributed by atoms with Gasteiger partial charge in [0.25, 0.3) is 0 Å². The zero-order chi connectivity index (χ0) is 17.5. The Bertz CT molecular complexity index is 738. The summed E-state index contributed by atoms with van der Waals surface area (Å²) in [5.74, 6) is 0.452. The van der Waals surface area contributed by atoms with E-state index < -0.39 is 0 Å². The third kappa shape index (κ3) is 4.61. The fourth-order valence-corrected chi connectivity index (χ4v) is 2.58. The number of carbonyl (C=O) groups excluding carboxylic acids is 1. The summed E-state index contributed by atoms with van der Waals surface area (Å²) in [6.45, 7) is 4.78. The molecule has 0 atom stereocenters. The van der Waals surface area contributed by atoms with Crippen LogP contribution < -0.4 is 10.1 Å². The van der Waals surface area contributed by atoms with Gasteiger partial charge in [-0.3, -0.25) is 9.48 Å². The number of amides is 1. The number of carbonyl (C=O) groups is 1. The number of hydrogen-bond donors (Lipinski definition) is 1. The van der Waals surface area contributed by atoms with Crippen molar-refractivity contribution in [2.24, 2.45) is 0 Å². The van der Waals surface area contributed by atoms with Crippen molar-refractivity contribution in [3.63, 3.8) is 0 Å². The third-order valence-electron chi connectivity index (χ3n) is 3.57. The van der Waals surface area contributed by atoms with Crippen LogP contribution >= 0.6 is 11.6 Å². The summed E-state index contributed by atoms with van der Waals surface area (Å²) >= 11 is 6.35. The van der Waals surface area contributed by atoms with E-state index in [1.807, 2.05) is 19.1 Å². The summed E-state index contributed by atoms with van der Waals surface area (Å²) in [6.07, 6.45) is 5.24. The number of benzene rings is 1. The predicted octanol–water partition coefficient (Wildman–Crippen LogP) is 4.31. The topological polar surface area (TPSA) is 56.2 Å². The Morgan fingerprint density at radius 1 is 1.46 bits per heavy atom. The molecule has 0 bridgehead atoms. The Morgan fingerprint density at radius 2 is 2.25 bits per heavy atom. The summed E-state index contributed by atoms with van der Waals surface area (Å²) in [7, 11) is 1.59. The summed E-state index contributed by atoms with van der Waals surface area (Å²) < 4.78 is 6.91. The van der Waals surface area contributed by atoms with E-state index in [1.54, 1.807) is 30.0 Å². The molecule has 0 aliphatic heterocycles. The van der Waals surface area contributed by atoms with Gasteiger partial charge in [0.2, 0.25) is 5.91 Å².